The molecule has 0 radical (unpaired) electrons. The van der Waals surface area contributed by atoms with E-state index in [0.717, 1.165) is 44.3 Å². The predicted molar refractivity (Wildman–Crippen MR) is 122 cm³/mol. The van der Waals surface area contributed by atoms with Crippen LogP contribution in [0.25, 0.3) is 0 Å². The molecule has 1 amide bonds. The zero-order chi connectivity index (χ0) is 21.9. The number of carbonyl (C=O) groups is 2. The Labute approximate surface area is 180 Å². The van der Waals surface area contributed by atoms with Gasteiger partial charge in [0.1, 0.15) is 5.78 Å². The van der Waals surface area contributed by atoms with E-state index in [4.69, 9.17) is 5.73 Å². The van der Waals surface area contributed by atoms with Crippen LogP contribution in [-0.2, 0) is 4.79 Å². The maximum atomic E-state index is 12.7. The molecule has 0 aliphatic carbocycles. The maximum absolute atomic E-state index is 12.7. The number of hydrogen-bond acceptors (Lipinski definition) is 4. The summed E-state index contributed by atoms with van der Waals surface area (Å²) in [4.78, 5) is 30.5. The van der Waals surface area contributed by atoms with Gasteiger partial charge in [0.15, 0.2) is 0 Å². The average Bonchev–Trinajstić information content (AvgIpc) is 2.78. The normalized spacial score (nSPS) is 15.1. The number of Topliss-reactive ketones (excluding diaryl/α,β-unsaturated/α-hetero) is 1. The summed E-state index contributed by atoms with van der Waals surface area (Å²) in [7, 11) is 0. The lowest BCUT2D eigenvalue weighted by Gasteiger charge is -2.32. The number of nitrogen functional groups attached to an aromatic ring is 1. The molecule has 1 saturated heterocycles. The number of pyridine rings is 1. The fraction of sp³-hybridized carbons (Fsp3) is 0.480. The summed E-state index contributed by atoms with van der Waals surface area (Å²) >= 11 is 0. The number of amides is 1. The molecule has 162 valence electrons. The van der Waals surface area contributed by atoms with Crippen molar-refractivity contribution in [3.05, 3.63) is 59.9 Å². The highest BCUT2D eigenvalue weighted by Gasteiger charge is 2.25. The van der Waals surface area contributed by atoms with Gasteiger partial charge in [-0.3, -0.25) is 9.78 Å². The summed E-state index contributed by atoms with van der Waals surface area (Å²) < 4.78 is 0. The van der Waals surface area contributed by atoms with Gasteiger partial charge in [0.05, 0.1) is 0 Å². The Kier molecular flexibility index (Phi) is 9.52. The second kappa shape index (κ2) is 12.1. The minimum absolute atomic E-state index is 0.0653. The van der Waals surface area contributed by atoms with Gasteiger partial charge in [-0.1, -0.05) is 26.0 Å². The summed E-state index contributed by atoms with van der Waals surface area (Å²) in [5, 5.41) is 0. The van der Waals surface area contributed by atoms with Crippen LogP contribution >= 0.6 is 0 Å². The largest absolute Gasteiger partial charge is 0.399 e. The molecule has 3 rings (SSSR count). The van der Waals surface area contributed by atoms with Crippen LogP contribution in [0.15, 0.2) is 48.8 Å². The number of nitrogens with two attached hydrogens (primary N) is 1. The minimum Gasteiger partial charge on any atom is -0.399 e. The monoisotopic (exact) mass is 409 g/mol. The molecule has 2 heterocycles. The van der Waals surface area contributed by atoms with Crippen molar-refractivity contribution < 1.29 is 9.59 Å². The Morgan fingerprint density at radius 1 is 1.17 bits per heavy atom. The molecule has 0 saturated carbocycles. The Hall–Kier alpha value is -2.69. The smallest absolute Gasteiger partial charge is 0.253 e. The third-order valence-corrected chi connectivity index (χ3v) is 5.65. The van der Waals surface area contributed by atoms with Crippen molar-refractivity contribution in [2.45, 2.75) is 58.8 Å². The third kappa shape index (κ3) is 6.97. The van der Waals surface area contributed by atoms with E-state index in [1.54, 1.807) is 25.3 Å². The highest BCUT2D eigenvalue weighted by molar-refractivity contribution is 5.95. The SMILES string of the molecule is CC.CC(=O)CC(CCC1CCN(C(=O)c2cccc(N)c2)CC1)c1cccnc1. The van der Waals surface area contributed by atoms with Gasteiger partial charge in [-0.2, -0.15) is 0 Å². The van der Waals surface area contributed by atoms with Crippen LogP contribution in [0.3, 0.4) is 0 Å². The second-order valence-corrected chi connectivity index (χ2v) is 7.83. The van der Waals surface area contributed by atoms with Gasteiger partial charge >= 0.3 is 0 Å². The van der Waals surface area contributed by atoms with E-state index in [1.165, 1.54) is 0 Å². The van der Waals surface area contributed by atoms with E-state index >= 15 is 0 Å². The number of likely N-dealkylation sites (tertiary alicyclic amines) is 1. The fourth-order valence-electron chi connectivity index (χ4n) is 4.07. The quantitative estimate of drug-likeness (QED) is 0.647. The molecule has 1 aromatic carbocycles. The molecule has 5 nitrogen and oxygen atoms in total. The van der Waals surface area contributed by atoms with Crippen molar-refractivity contribution in [3.8, 4) is 0 Å². The minimum atomic E-state index is 0.0653. The second-order valence-electron chi connectivity index (χ2n) is 7.83. The first-order chi connectivity index (χ1) is 14.5. The van der Waals surface area contributed by atoms with Crippen LogP contribution in [0.5, 0.6) is 0 Å². The molecular weight excluding hydrogens is 374 g/mol. The summed E-state index contributed by atoms with van der Waals surface area (Å²) in [6.07, 6.45) is 8.29. The van der Waals surface area contributed by atoms with Crippen molar-refractivity contribution in [2.24, 2.45) is 5.92 Å². The van der Waals surface area contributed by atoms with Crippen molar-refractivity contribution >= 4 is 17.4 Å². The summed E-state index contributed by atoms with van der Waals surface area (Å²) in [6.45, 7) is 7.22. The summed E-state index contributed by atoms with van der Waals surface area (Å²) in [5.74, 6) is 1.11. The van der Waals surface area contributed by atoms with Crippen molar-refractivity contribution in [3.63, 3.8) is 0 Å². The zero-order valence-electron chi connectivity index (χ0n) is 18.5. The molecule has 1 aliphatic heterocycles. The topological polar surface area (TPSA) is 76.3 Å². The Morgan fingerprint density at radius 2 is 1.90 bits per heavy atom. The summed E-state index contributed by atoms with van der Waals surface area (Å²) in [6, 6.07) is 11.2. The first-order valence-corrected chi connectivity index (χ1v) is 11.1. The number of benzene rings is 1. The van der Waals surface area contributed by atoms with E-state index in [9.17, 15) is 9.59 Å². The lowest BCUT2D eigenvalue weighted by molar-refractivity contribution is -0.117. The van der Waals surface area contributed by atoms with E-state index in [1.807, 2.05) is 43.1 Å². The Bertz CT molecular complexity index is 799. The molecular formula is C25H35N3O2. The average molecular weight is 410 g/mol. The van der Waals surface area contributed by atoms with Crippen molar-refractivity contribution in [2.75, 3.05) is 18.8 Å². The van der Waals surface area contributed by atoms with E-state index < -0.39 is 0 Å². The van der Waals surface area contributed by atoms with Gasteiger partial charge in [-0.05, 0) is 74.3 Å². The Morgan fingerprint density at radius 3 is 2.50 bits per heavy atom. The molecule has 1 unspecified atom stereocenters. The molecule has 1 atom stereocenters. The van der Waals surface area contributed by atoms with Crippen LogP contribution in [0.4, 0.5) is 5.69 Å². The van der Waals surface area contributed by atoms with Gasteiger partial charge in [0.25, 0.3) is 5.91 Å². The maximum Gasteiger partial charge on any atom is 0.253 e. The molecule has 5 heteroatoms. The Balaban J connectivity index is 0.00000155. The predicted octanol–water partition coefficient (Wildman–Crippen LogP) is 5.09. The van der Waals surface area contributed by atoms with E-state index in [-0.39, 0.29) is 17.6 Å². The van der Waals surface area contributed by atoms with Gasteiger partial charge in [-0.25, -0.2) is 0 Å². The van der Waals surface area contributed by atoms with Crippen LogP contribution < -0.4 is 5.73 Å². The third-order valence-electron chi connectivity index (χ3n) is 5.65. The van der Waals surface area contributed by atoms with Crippen LogP contribution in [0.1, 0.15) is 74.7 Å². The molecule has 0 bridgehead atoms. The lowest BCUT2D eigenvalue weighted by atomic mass is 9.84. The van der Waals surface area contributed by atoms with Crippen molar-refractivity contribution in [1.29, 1.82) is 0 Å². The van der Waals surface area contributed by atoms with Crippen LogP contribution in [-0.4, -0.2) is 34.7 Å². The molecule has 1 aromatic heterocycles. The molecule has 30 heavy (non-hydrogen) atoms. The highest BCUT2D eigenvalue weighted by Crippen LogP contribution is 2.30. The van der Waals surface area contributed by atoms with Gasteiger partial charge in [0.2, 0.25) is 0 Å². The number of ketones is 1. The molecule has 0 spiro atoms. The number of nitrogens with zero attached hydrogens (tertiary/aromatic N) is 2. The first kappa shape index (κ1) is 23.6. The van der Waals surface area contributed by atoms with Crippen molar-refractivity contribution in [1.82, 2.24) is 9.88 Å². The van der Waals surface area contributed by atoms with Crippen LogP contribution in [0, 0.1) is 5.92 Å². The molecule has 2 N–H and O–H groups in total. The molecule has 1 fully saturated rings. The zero-order valence-corrected chi connectivity index (χ0v) is 18.5. The van der Waals surface area contributed by atoms with Gasteiger partial charge in [0, 0.05) is 43.2 Å². The van der Waals surface area contributed by atoms with E-state index in [0.29, 0.717) is 23.6 Å². The number of aromatic nitrogens is 1. The number of anilines is 1. The molecule has 1 aliphatic rings. The fourth-order valence-corrected chi connectivity index (χ4v) is 4.07. The number of piperidine rings is 1. The molecule has 2 aromatic rings. The highest BCUT2D eigenvalue weighted by atomic mass is 16.2. The van der Waals surface area contributed by atoms with Gasteiger partial charge in [-0.15, -0.1) is 0 Å². The lowest BCUT2D eigenvalue weighted by Crippen LogP contribution is -2.38. The summed E-state index contributed by atoms with van der Waals surface area (Å²) in [5.41, 5.74) is 8.23. The number of carbonyl (C=O) groups excluding carboxylic acids is 2. The van der Waals surface area contributed by atoms with E-state index in [2.05, 4.69) is 11.1 Å². The number of rotatable bonds is 7. The standard InChI is InChI=1S/C23H29N3O2.C2H6/c1-17(27)14-19(21-5-3-11-25-16-21)8-7-18-9-12-26(13-10-18)23(28)20-4-2-6-22(24)15-20;1-2/h2-6,11,15-16,18-19H,7-10,12-14,24H2,1H3;1-2H3. The first-order valence-electron chi connectivity index (χ1n) is 11.1. The van der Waals surface area contributed by atoms with Gasteiger partial charge < -0.3 is 15.4 Å². The van der Waals surface area contributed by atoms with Crippen LogP contribution in [0.2, 0.25) is 0 Å². The number of hydrogen-bond donors (Lipinski definition) is 1.